The summed E-state index contributed by atoms with van der Waals surface area (Å²) in [5.74, 6) is -0.571. The third-order valence-corrected chi connectivity index (χ3v) is 4.27. The third kappa shape index (κ3) is 5.15. The average Bonchev–Trinajstić information content (AvgIpc) is 3.24. The Morgan fingerprint density at radius 2 is 1.81 bits per heavy atom. The van der Waals surface area contributed by atoms with Crippen LogP contribution < -0.4 is 14.8 Å². The van der Waals surface area contributed by atoms with Crippen LogP contribution in [0.5, 0.6) is 17.2 Å². The molecule has 1 unspecified atom stereocenters. The fourth-order valence-electron chi connectivity index (χ4n) is 2.63. The number of rotatable bonds is 8. The number of amides is 1. The summed E-state index contributed by atoms with van der Waals surface area (Å²) in [5.41, 5.74) is -0.341. The molecule has 3 aromatic rings. The van der Waals surface area contributed by atoms with Crippen LogP contribution in [0, 0.1) is 10.1 Å². The van der Waals surface area contributed by atoms with Crippen LogP contribution >= 0.6 is 0 Å². The number of benzene rings is 2. The summed E-state index contributed by atoms with van der Waals surface area (Å²) in [7, 11) is 1.53. The molecule has 1 heterocycles. The number of nitrogens with zero attached hydrogens (tertiary/aromatic N) is 3. The Balaban J connectivity index is 1.81. The summed E-state index contributed by atoms with van der Waals surface area (Å²) in [6, 6.07) is 10.9. The van der Waals surface area contributed by atoms with Crippen LogP contribution in [0.3, 0.4) is 0 Å². The molecule has 2 aromatic carbocycles. The summed E-state index contributed by atoms with van der Waals surface area (Å²) in [5, 5.41) is 26.6. The number of anilines is 1. The van der Waals surface area contributed by atoms with Crippen LogP contribution in [0.1, 0.15) is 23.5 Å². The van der Waals surface area contributed by atoms with Crippen molar-refractivity contribution in [3.8, 4) is 17.2 Å². The van der Waals surface area contributed by atoms with Crippen molar-refractivity contribution in [2.75, 3.05) is 12.4 Å². The van der Waals surface area contributed by atoms with Crippen molar-refractivity contribution in [2.24, 2.45) is 0 Å². The number of methoxy groups -OCH3 is 1. The number of carboxylic acid groups (broad SMARTS) is 1. The summed E-state index contributed by atoms with van der Waals surface area (Å²) in [4.78, 5) is 34.2. The lowest BCUT2D eigenvalue weighted by Gasteiger charge is -2.14. The van der Waals surface area contributed by atoms with Gasteiger partial charge in [-0.3, -0.25) is 19.6 Å². The van der Waals surface area contributed by atoms with Gasteiger partial charge in [-0.05, 0) is 37.3 Å². The zero-order valence-electron chi connectivity index (χ0n) is 16.5. The molecule has 0 fully saturated rings. The zero-order chi connectivity index (χ0) is 22.5. The number of nitrogens with one attached hydrogen (secondary N) is 1. The first-order valence-electron chi connectivity index (χ1n) is 8.97. The number of carbonyl (C=O) groups is 2. The number of non-ortho nitro benzene ring substituents is 1. The van der Waals surface area contributed by atoms with Crippen molar-refractivity contribution in [2.45, 2.75) is 13.0 Å². The molecule has 0 radical (unpaired) electrons. The summed E-state index contributed by atoms with van der Waals surface area (Å²) in [6.45, 7) is 1.51. The fourth-order valence-corrected chi connectivity index (χ4v) is 2.63. The van der Waals surface area contributed by atoms with E-state index in [0.29, 0.717) is 11.5 Å². The summed E-state index contributed by atoms with van der Waals surface area (Å²) >= 11 is 0. The number of aromatic carboxylic acids is 1. The van der Waals surface area contributed by atoms with Gasteiger partial charge in [0.2, 0.25) is 5.91 Å². The van der Waals surface area contributed by atoms with E-state index < -0.39 is 22.8 Å². The lowest BCUT2D eigenvalue weighted by molar-refractivity contribution is -0.384. The molecule has 11 nitrogen and oxygen atoms in total. The minimum Gasteiger partial charge on any atom is -0.497 e. The number of hydrogen-bond acceptors (Lipinski definition) is 7. The molecule has 1 aromatic heterocycles. The fraction of sp³-hybridized carbons (Fsp3) is 0.150. The number of ether oxygens (including phenoxy) is 2. The summed E-state index contributed by atoms with van der Waals surface area (Å²) in [6.07, 6.45) is 1.36. The normalized spacial score (nSPS) is 11.4. The van der Waals surface area contributed by atoms with Gasteiger partial charge in [-0.2, -0.15) is 5.10 Å². The first kappa shape index (κ1) is 21.3. The van der Waals surface area contributed by atoms with Crippen LogP contribution in [0.4, 0.5) is 11.4 Å². The predicted octanol–water partition coefficient (Wildman–Crippen LogP) is 3.49. The minimum absolute atomic E-state index is 0.139. The Morgan fingerprint density at radius 3 is 2.39 bits per heavy atom. The molecule has 11 heteroatoms. The first-order chi connectivity index (χ1) is 14.8. The second-order valence-corrected chi connectivity index (χ2v) is 6.40. The summed E-state index contributed by atoms with van der Waals surface area (Å²) < 4.78 is 11.9. The number of nitro groups is 1. The van der Waals surface area contributed by atoms with Gasteiger partial charge in [0.25, 0.3) is 5.69 Å². The van der Waals surface area contributed by atoms with E-state index in [2.05, 4.69) is 10.4 Å². The SMILES string of the molecule is COc1ccc(Oc2cc(NC(=O)C(C)n3ccc(C(=O)O)n3)cc([N+](=O)[O-])c2)cc1. The third-order valence-electron chi connectivity index (χ3n) is 4.27. The highest BCUT2D eigenvalue weighted by molar-refractivity contribution is 5.94. The van der Waals surface area contributed by atoms with E-state index in [1.54, 1.807) is 24.3 Å². The predicted molar refractivity (Wildman–Crippen MR) is 109 cm³/mol. The topological polar surface area (TPSA) is 146 Å². The number of aromatic nitrogens is 2. The van der Waals surface area contributed by atoms with E-state index in [0.717, 1.165) is 0 Å². The van der Waals surface area contributed by atoms with Gasteiger partial charge in [0.15, 0.2) is 5.69 Å². The molecular formula is C20H18N4O7. The Kier molecular flexibility index (Phi) is 6.15. The maximum Gasteiger partial charge on any atom is 0.356 e. The second kappa shape index (κ2) is 8.95. The molecule has 0 aliphatic carbocycles. The van der Waals surface area contributed by atoms with E-state index in [1.807, 2.05) is 0 Å². The largest absolute Gasteiger partial charge is 0.497 e. The van der Waals surface area contributed by atoms with Gasteiger partial charge in [0.1, 0.15) is 23.3 Å². The maximum absolute atomic E-state index is 12.6. The van der Waals surface area contributed by atoms with Gasteiger partial charge in [-0.25, -0.2) is 4.79 Å². The van der Waals surface area contributed by atoms with Crippen molar-refractivity contribution < 1.29 is 29.1 Å². The highest BCUT2D eigenvalue weighted by atomic mass is 16.6. The van der Waals surface area contributed by atoms with Crippen LogP contribution in [-0.2, 0) is 4.79 Å². The molecule has 1 atom stereocenters. The maximum atomic E-state index is 12.6. The average molecular weight is 426 g/mol. The van der Waals surface area contributed by atoms with Gasteiger partial charge in [0.05, 0.1) is 23.8 Å². The quantitative estimate of drug-likeness (QED) is 0.411. The minimum atomic E-state index is -1.22. The van der Waals surface area contributed by atoms with Gasteiger partial charge >= 0.3 is 5.97 Å². The van der Waals surface area contributed by atoms with Crippen molar-refractivity contribution in [1.82, 2.24) is 9.78 Å². The van der Waals surface area contributed by atoms with Crippen molar-refractivity contribution >= 4 is 23.3 Å². The lowest BCUT2D eigenvalue weighted by atomic mass is 10.2. The lowest BCUT2D eigenvalue weighted by Crippen LogP contribution is -2.24. The molecule has 0 spiro atoms. The Hall–Kier alpha value is -4.41. The molecule has 2 N–H and O–H groups in total. The van der Waals surface area contributed by atoms with E-state index in [1.165, 1.54) is 49.2 Å². The molecule has 160 valence electrons. The number of carboxylic acids is 1. The van der Waals surface area contributed by atoms with E-state index >= 15 is 0 Å². The van der Waals surface area contributed by atoms with E-state index in [-0.39, 0.29) is 22.8 Å². The van der Waals surface area contributed by atoms with Gasteiger partial charge in [-0.15, -0.1) is 0 Å². The van der Waals surface area contributed by atoms with Crippen molar-refractivity contribution in [1.29, 1.82) is 0 Å². The molecule has 0 saturated heterocycles. The van der Waals surface area contributed by atoms with E-state index in [9.17, 15) is 19.7 Å². The van der Waals surface area contributed by atoms with Crippen LogP contribution in [0.2, 0.25) is 0 Å². The number of carbonyl (C=O) groups excluding carboxylic acids is 1. The van der Waals surface area contributed by atoms with Crippen LogP contribution in [-0.4, -0.2) is 38.8 Å². The Morgan fingerprint density at radius 1 is 1.13 bits per heavy atom. The molecule has 31 heavy (non-hydrogen) atoms. The zero-order valence-corrected chi connectivity index (χ0v) is 16.5. The molecule has 0 aliphatic heterocycles. The van der Waals surface area contributed by atoms with Crippen molar-refractivity contribution in [3.63, 3.8) is 0 Å². The monoisotopic (exact) mass is 426 g/mol. The second-order valence-electron chi connectivity index (χ2n) is 6.40. The van der Waals surface area contributed by atoms with Crippen LogP contribution in [0.15, 0.2) is 54.7 Å². The number of hydrogen-bond donors (Lipinski definition) is 2. The number of nitro benzene ring substituents is 1. The first-order valence-corrected chi connectivity index (χ1v) is 8.97. The smallest absolute Gasteiger partial charge is 0.356 e. The highest BCUT2D eigenvalue weighted by Crippen LogP contribution is 2.31. The van der Waals surface area contributed by atoms with Gasteiger partial charge < -0.3 is 19.9 Å². The highest BCUT2D eigenvalue weighted by Gasteiger charge is 2.20. The van der Waals surface area contributed by atoms with Crippen molar-refractivity contribution in [3.05, 3.63) is 70.5 Å². The molecule has 0 aliphatic rings. The molecule has 0 saturated carbocycles. The Labute approximate surface area is 176 Å². The van der Waals surface area contributed by atoms with E-state index in [4.69, 9.17) is 14.6 Å². The molecule has 0 bridgehead atoms. The molecule has 1 amide bonds. The molecule has 3 rings (SSSR count). The van der Waals surface area contributed by atoms with Gasteiger partial charge in [-0.1, -0.05) is 0 Å². The standard InChI is InChI=1S/C20H18N4O7/c1-12(23-8-7-18(22-23)20(26)27)19(25)21-13-9-14(24(28)29)11-17(10-13)31-16-5-3-15(30-2)4-6-16/h3-12H,1-2H3,(H,21,25)(H,26,27). The molecular weight excluding hydrogens is 408 g/mol. The van der Waals surface area contributed by atoms with Crippen LogP contribution in [0.25, 0.3) is 0 Å². The Bertz CT molecular complexity index is 1120. The van der Waals surface area contributed by atoms with Gasteiger partial charge in [0, 0.05) is 18.3 Å².